The predicted octanol–water partition coefficient (Wildman–Crippen LogP) is 3.96. The minimum absolute atomic E-state index is 0.0905. The molecule has 2 amide bonds. The second-order valence-corrected chi connectivity index (χ2v) is 9.75. The Morgan fingerprint density at radius 1 is 1.28 bits per heavy atom. The fraction of sp³-hybridized carbons (Fsp3) is 0.240. The normalized spacial score (nSPS) is 15.1. The van der Waals surface area contributed by atoms with Gasteiger partial charge in [0.25, 0.3) is 5.91 Å². The third kappa shape index (κ3) is 4.91. The SMILES string of the molecule is CC(C(=O)NC(=O)C=C(N)c1ccc(Cl)cc1Cl)c1ccc(-c2nn(C3(C)CC3)c(N)c2C#N)nc1. The number of carbonyl (C=O) groups is 2. The van der Waals surface area contributed by atoms with Gasteiger partial charge in [0, 0.05) is 28.6 Å². The molecule has 0 bridgehead atoms. The molecule has 2 heterocycles. The Labute approximate surface area is 217 Å². The average molecular weight is 524 g/mol. The zero-order valence-corrected chi connectivity index (χ0v) is 21.1. The second kappa shape index (κ2) is 9.64. The molecular weight excluding hydrogens is 501 g/mol. The molecular formula is C25H23Cl2N7O2. The van der Waals surface area contributed by atoms with Crippen LogP contribution in [0.3, 0.4) is 0 Å². The van der Waals surface area contributed by atoms with E-state index >= 15 is 0 Å². The van der Waals surface area contributed by atoms with Crippen LogP contribution in [0.5, 0.6) is 0 Å². The van der Waals surface area contributed by atoms with Crippen molar-refractivity contribution in [1.29, 1.82) is 5.26 Å². The second-order valence-electron chi connectivity index (χ2n) is 8.91. The highest BCUT2D eigenvalue weighted by Gasteiger charge is 2.43. The van der Waals surface area contributed by atoms with E-state index in [4.69, 9.17) is 34.7 Å². The Morgan fingerprint density at radius 3 is 2.58 bits per heavy atom. The first-order valence-electron chi connectivity index (χ1n) is 11.1. The van der Waals surface area contributed by atoms with Crippen LogP contribution in [-0.2, 0) is 15.1 Å². The summed E-state index contributed by atoms with van der Waals surface area (Å²) in [5.41, 5.74) is 14.2. The summed E-state index contributed by atoms with van der Waals surface area (Å²) in [6.07, 6.45) is 4.48. The molecule has 0 radical (unpaired) electrons. The van der Waals surface area contributed by atoms with Gasteiger partial charge >= 0.3 is 0 Å². The highest BCUT2D eigenvalue weighted by molar-refractivity contribution is 6.35. The Hall–Kier alpha value is -3.87. The summed E-state index contributed by atoms with van der Waals surface area (Å²) < 4.78 is 1.69. The molecule has 0 saturated heterocycles. The lowest BCUT2D eigenvalue weighted by Gasteiger charge is -2.12. The molecule has 184 valence electrons. The lowest BCUT2D eigenvalue weighted by molar-refractivity contribution is -0.128. The van der Waals surface area contributed by atoms with Crippen LogP contribution < -0.4 is 16.8 Å². The molecule has 1 aliphatic rings. The van der Waals surface area contributed by atoms with Crippen molar-refractivity contribution in [3.63, 3.8) is 0 Å². The Kier molecular flexibility index (Phi) is 6.76. The van der Waals surface area contributed by atoms with Gasteiger partial charge in [-0.2, -0.15) is 10.4 Å². The molecule has 1 saturated carbocycles. The number of hydrogen-bond acceptors (Lipinski definition) is 7. The number of amides is 2. The van der Waals surface area contributed by atoms with Crippen LogP contribution in [0.2, 0.25) is 10.0 Å². The number of nitrogens with two attached hydrogens (primary N) is 2. The van der Waals surface area contributed by atoms with Gasteiger partial charge in [-0.15, -0.1) is 0 Å². The van der Waals surface area contributed by atoms with Gasteiger partial charge in [0.05, 0.1) is 22.2 Å². The lowest BCUT2D eigenvalue weighted by Crippen LogP contribution is -2.33. The van der Waals surface area contributed by atoms with Gasteiger partial charge in [-0.1, -0.05) is 29.3 Å². The van der Waals surface area contributed by atoms with Crippen LogP contribution in [0.4, 0.5) is 5.82 Å². The Bertz CT molecular complexity index is 1430. The Balaban J connectivity index is 1.47. The molecule has 0 aliphatic heterocycles. The van der Waals surface area contributed by atoms with Crippen LogP contribution >= 0.6 is 23.2 Å². The molecule has 1 atom stereocenters. The van der Waals surface area contributed by atoms with E-state index in [-0.39, 0.29) is 21.8 Å². The maximum Gasteiger partial charge on any atom is 0.252 e. The monoisotopic (exact) mass is 523 g/mol. The summed E-state index contributed by atoms with van der Waals surface area (Å²) in [6.45, 7) is 3.68. The number of nitrogens with one attached hydrogen (secondary N) is 1. The van der Waals surface area contributed by atoms with E-state index in [9.17, 15) is 14.9 Å². The van der Waals surface area contributed by atoms with Crippen molar-refractivity contribution in [1.82, 2.24) is 20.1 Å². The lowest BCUT2D eigenvalue weighted by atomic mass is 10.0. The third-order valence-electron chi connectivity index (χ3n) is 6.22. The first-order valence-corrected chi connectivity index (χ1v) is 11.8. The number of aromatic nitrogens is 3. The molecule has 9 nitrogen and oxygen atoms in total. The number of rotatable bonds is 6. The highest BCUT2D eigenvalue weighted by Crippen LogP contribution is 2.45. The number of anilines is 1. The van der Waals surface area contributed by atoms with Crippen molar-refractivity contribution in [3.05, 3.63) is 69.3 Å². The molecule has 1 aromatic carbocycles. The number of nitrogen functional groups attached to an aromatic ring is 1. The standard InChI is InChI=1S/C25H23Cl2N7O2/c1-13(24(36)32-21(35)10-19(29)16-5-4-15(26)9-18(16)27)14-3-6-20(31-12-14)22-17(11-28)23(30)34(33-22)25(2)7-8-25/h3-6,9-10,12-13H,7-8,29-30H2,1-2H3,(H,32,35,36). The van der Waals surface area contributed by atoms with Crippen LogP contribution in [0, 0.1) is 11.3 Å². The molecule has 1 aliphatic carbocycles. The third-order valence-corrected chi connectivity index (χ3v) is 6.76. The number of nitrogens with zero attached hydrogens (tertiary/aromatic N) is 4. The molecule has 5 N–H and O–H groups in total. The van der Waals surface area contributed by atoms with Gasteiger partial charge in [-0.05, 0) is 56.5 Å². The fourth-order valence-electron chi connectivity index (χ4n) is 3.69. The molecule has 1 unspecified atom stereocenters. The smallest absolute Gasteiger partial charge is 0.252 e. The van der Waals surface area contributed by atoms with Gasteiger partial charge in [0.2, 0.25) is 5.91 Å². The Morgan fingerprint density at radius 2 is 2.00 bits per heavy atom. The number of benzene rings is 1. The van der Waals surface area contributed by atoms with Gasteiger partial charge in [-0.3, -0.25) is 19.9 Å². The zero-order chi connectivity index (χ0) is 26.2. The summed E-state index contributed by atoms with van der Waals surface area (Å²) in [6, 6.07) is 10.2. The molecule has 3 aromatic rings. The van der Waals surface area contributed by atoms with Crippen molar-refractivity contribution < 1.29 is 9.59 Å². The largest absolute Gasteiger partial charge is 0.398 e. The topological polar surface area (TPSA) is 153 Å². The molecule has 2 aromatic heterocycles. The average Bonchev–Trinajstić information content (AvgIpc) is 3.48. The fourth-order valence-corrected chi connectivity index (χ4v) is 4.20. The van der Waals surface area contributed by atoms with Gasteiger partial charge < -0.3 is 11.5 Å². The van der Waals surface area contributed by atoms with Crippen molar-refractivity contribution in [2.24, 2.45) is 5.73 Å². The van der Waals surface area contributed by atoms with Crippen LogP contribution in [0.1, 0.15) is 49.3 Å². The van der Waals surface area contributed by atoms with E-state index in [0.717, 1.165) is 18.9 Å². The van der Waals surface area contributed by atoms with E-state index < -0.39 is 17.7 Å². The number of imide groups is 1. The predicted molar refractivity (Wildman–Crippen MR) is 138 cm³/mol. The first-order chi connectivity index (χ1) is 17.0. The summed E-state index contributed by atoms with van der Waals surface area (Å²) in [5, 5.41) is 17.2. The minimum atomic E-state index is -0.687. The van der Waals surface area contributed by atoms with E-state index in [1.807, 2.05) is 6.92 Å². The van der Waals surface area contributed by atoms with E-state index in [0.29, 0.717) is 33.4 Å². The van der Waals surface area contributed by atoms with E-state index in [2.05, 4.69) is 21.5 Å². The van der Waals surface area contributed by atoms with Gasteiger partial charge in [0.1, 0.15) is 23.1 Å². The number of carbonyl (C=O) groups excluding carboxylic acids is 2. The summed E-state index contributed by atoms with van der Waals surface area (Å²) in [5.74, 6) is -1.59. The van der Waals surface area contributed by atoms with Gasteiger partial charge in [0.15, 0.2) is 0 Å². The molecule has 1 fully saturated rings. The zero-order valence-electron chi connectivity index (χ0n) is 19.5. The quantitative estimate of drug-likeness (QED) is 0.413. The highest BCUT2D eigenvalue weighted by atomic mass is 35.5. The van der Waals surface area contributed by atoms with E-state index in [1.54, 1.807) is 35.9 Å². The number of pyridine rings is 1. The molecule has 11 heteroatoms. The molecule has 0 spiro atoms. The summed E-state index contributed by atoms with van der Waals surface area (Å²) in [4.78, 5) is 29.4. The number of hydrogen-bond donors (Lipinski definition) is 3. The van der Waals surface area contributed by atoms with Crippen molar-refractivity contribution in [2.45, 2.75) is 38.1 Å². The maximum absolute atomic E-state index is 12.7. The van der Waals surface area contributed by atoms with Crippen molar-refractivity contribution in [3.8, 4) is 17.5 Å². The maximum atomic E-state index is 12.7. The number of nitriles is 1. The van der Waals surface area contributed by atoms with Crippen molar-refractivity contribution >= 4 is 46.5 Å². The molecule has 36 heavy (non-hydrogen) atoms. The van der Waals surface area contributed by atoms with Crippen LogP contribution in [-0.4, -0.2) is 26.6 Å². The van der Waals surface area contributed by atoms with Crippen LogP contribution in [0.15, 0.2) is 42.6 Å². The number of halogens is 2. The van der Waals surface area contributed by atoms with Gasteiger partial charge in [-0.25, -0.2) is 4.68 Å². The van der Waals surface area contributed by atoms with Crippen molar-refractivity contribution in [2.75, 3.05) is 5.73 Å². The minimum Gasteiger partial charge on any atom is -0.398 e. The first kappa shape index (κ1) is 25.2. The summed E-state index contributed by atoms with van der Waals surface area (Å²) in [7, 11) is 0. The van der Waals surface area contributed by atoms with Crippen LogP contribution in [0.25, 0.3) is 17.1 Å². The van der Waals surface area contributed by atoms with E-state index in [1.165, 1.54) is 12.3 Å². The summed E-state index contributed by atoms with van der Waals surface area (Å²) >= 11 is 12.0. The molecule has 4 rings (SSSR count).